The molecule has 31 heavy (non-hydrogen) atoms. The smallest absolute Gasteiger partial charge is 0.275 e. The number of benzene rings is 3. The monoisotopic (exact) mass is 460 g/mol. The molecule has 3 aromatic carbocycles. The number of sulfonamides is 1. The molecule has 0 aliphatic rings. The van der Waals surface area contributed by atoms with Crippen LogP contribution in [0.1, 0.15) is 26.3 Å². The lowest BCUT2D eigenvalue weighted by molar-refractivity contribution is -0.384. The molecular weight excluding hydrogens is 440 g/mol. The largest absolute Gasteiger partial charge is 0.457 e. The zero-order valence-corrected chi connectivity index (χ0v) is 18.7. The third-order valence-corrected chi connectivity index (χ3v) is 6.08. The SMILES string of the molecule is CC(C)(C)c1ccc(S(=O)(=O)Nc2cc(Oc3ccc(Cl)cc3)cc([N+](=O)[O-])c2)cc1. The molecule has 0 saturated heterocycles. The summed E-state index contributed by atoms with van der Waals surface area (Å²) in [5, 5.41) is 11.8. The Morgan fingerprint density at radius 3 is 2.10 bits per heavy atom. The van der Waals surface area contributed by atoms with Gasteiger partial charge >= 0.3 is 0 Å². The van der Waals surface area contributed by atoms with Crippen molar-refractivity contribution in [2.75, 3.05) is 4.72 Å². The van der Waals surface area contributed by atoms with E-state index in [9.17, 15) is 18.5 Å². The predicted octanol–water partition coefficient (Wildman–Crippen LogP) is 6.14. The van der Waals surface area contributed by atoms with Crippen molar-refractivity contribution >= 4 is 33.0 Å². The summed E-state index contributed by atoms with van der Waals surface area (Å²) in [6.07, 6.45) is 0. The fourth-order valence-electron chi connectivity index (χ4n) is 2.79. The summed E-state index contributed by atoms with van der Waals surface area (Å²) < 4.78 is 33.7. The van der Waals surface area contributed by atoms with Crippen LogP contribution < -0.4 is 9.46 Å². The molecule has 7 nitrogen and oxygen atoms in total. The number of nitro benzene ring substituents is 1. The molecule has 1 N–H and O–H groups in total. The number of rotatable bonds is 6. The van der Waals surface area contributed by atoms with Crippen molar-refractivity contribution < 1.29 is 18.1 Å². The summed E-state index contributed by atoms with van der Waals surface area (Å²) in [5.41, 5.74) is 0.565. The third-order valence-electron chi connectivity index (χ3n) is 4.43. The van der Waals surface area contributed by atoms with Gasteiger partial charge in [0, 0.05) is 17.2 Å². The van der Waals surface area contributed by atoms with Gasteiger partial charge in [0.2, 0.25) is 0 Å². The highest BCUT2D eigenvalue weighted by molar-refractivity contribution is 7.92. The lowest BCUT2D eigenvalue weighted by Crippen LogP contribution is -2.15. The molecule has 0 radical (unpaired) electrons. The second-order valence-corrected chi connectivity index (χ2v) is 10.0. The number of nitro groups is 1. The van der Waals surface area contributed by atoms with Crippen molar-refractivity contribution in [1.82, 2.24) is 0 Å². The normalized spacial score (nSPS) is 11.7. The number of anilines is 1. The van der Waals surface area contributed by atoms with Gasteiger partial charge in [0.25, 0.3) is 15.7 Å². The second kappa shape index (κ2) is 8.56. The van der Waals surface area contributed by atoms with Crippen molar-refractivity contribution in [2.24, 2.45) is 0 Å². The zero-order valence-electron chi connectivity index (χ0n) is 17.1. The average molecular weight is 461 g/mol. The standard InChI is InChI=1S/C22H21ClN2O5S/c1-22(2,3)15-4-10-21(11-5-15)31(28,29)24-17-12-18(25(26)27)14-20(13-17)30-19-8-6-16(23)7-9-19/h4-14,24H,1-3H3. The van der Waals surface area contributed by atoms with Crippen LogP contribution in [0.15, 0.2) is 71.6 Å². The highest BCUT2D eigenvalue weighted by atomic mass is 35.5. The van der Waals surface area contributed by atoms with Crippen LogP contribution >= 0.6 is 11.6 Å². The van der Waals surface area contributed by atoms with E-state index in [0.29, 0.717) is 10.8 Å². The van der Waals surface area contributed by atoms with Crippen molar-refractivity contribution in [2.45, 2.75) is 31.1 Å². The topological polar surface area (TPSA) is 98.5 Å². The summed E-state index contributed by atoms with van der Waals surface area (Å²) >= 11 is 5.85. The van der Waals surface area contributed by atoms with E-state index in [0.717, 1.165) is 11.6 Å². The Morgan fingerprint density at radius 1 is 0.935 bits per heavy atom. The molecule has 0 saturated carbocycles. The molecular formula is C22H21ClN2O5S. The van der Waals surface area contributed by atoms with Crippen molar-refractivity contribution in [1.29, 1.82) is 0 Å². The minimum atomic E-state index is -3.96. The van der Waals surface area contributed by atoms with E-state index in [2.05, 4.69) is 4.72 Å². The average Bonchev–Trinajstić information content (AvgIpc) is 2.68. The Balaban J connectivity index is 1.91. The first-order valence-corrected chi connectivity index (χ1v) is 11.2. The highest BCUT2D eigenvalue weighted by Gasteiger charge is 2.20. The minimum Gasteiger partial charge on any atom is -0.457 e. The zero-order chi connectivity index (χ0) is 22.8. The summed E-state index contributed by atoms with van der Waals surface area (Å²) in [6, 6.07) is 16.6. The van der Waals surface area contributed by atoms with Crippen LogP contribution in [0.4, 0.5) is 11.4 Å². The fraction of sp³-hybridized carbons (Fsp3) is 0.182. The summed E-state index contributed by atoms with van der Waals surface area (Å²) in [6.45, 7) is 6.08. The van der Waals surface area contributed by atoms with Crippen LogP contribution in [-0.4, -0.2) is 13.3 Å². The van der Waals surface area contributed by atoms with Gasteiger partial charge in [-0.25, -0.2) is 8.42 Å². The first-order chi connectivity index (χ1) is 14.4. The van der Waals surface area contributed by atoms with Gasteiger partial charge in [-0.05, 0) is 47.4 Å². The van der Waals surface area contributed by atoms with E-state index in [1.807, 2.05) is 20.8 Å². The number of hydrogen-bond acceptors (Lipinski definition) is 5. The van der Waals surface area contributed by atoms with Crippen LogP contribution in [0.3, 0.4) is 0 Å². The number of hydrogen-bond donors (Lipinski definition) is 1. The van der Waals surface area contributed by atoms with Crippen LogP contribution in [0, 0.1) is 10.1 Å². The number of halogens is 1. The van der Waals surface area contributed by atoms with Crippen molar-refractivity contribution in [3.63, 3.8) is 0 Å². The van der Waals surface area contributed by atoms with Crippen molar-refractivity contribution in [3.05, 3.63) is 87.4 Å². The van der Waals surface area contributed by atoms with Gasteiger partial charge in [0.15, 0.2) is 0 Å². The molecule has 0 aliphatic carbocycles. The number of non-ortho nitro benzene ring substituents is 1. The molecule has 0 spiro atoms. The first kappa shape index (κ1) is 22.6. The van der Waals surface area contributed by atoms with E-state index >= 15 is 0 Å². The van der Waals surface area contributed by atoms with Gasteiger partial charge in [0.1, 0.15) is 11.5 Å². The van der Waals surface area contributed by atoms with E-state index in [1.165, 1.54) is 24.3 Å². The fourth-order valence-corrected chi connectivity index (χ4v) is 3.96. The molecule has 0 aromatic heterocycles. The molecule has 0 unspecified atom stereocenters. The van der Waals surface area contributed by atoms with E-state index in [4.69, 9.17) is 16.3 Å². The Morgan fingerprint density at radius 2 is 1.55 bits per heavy atom. The summed E-state index contributed by atoms with van der Waals surface area (Å²) in [7, 11) is -3.96. The van der Waals surface area contributed by atoms with Gasteiger partial charge in [-0.1, -0.05) is 44.5 Å². The predicted molar refractivity (Wildman–Crippen MR) is 121 cm³/mol. The molecule has 162 valence electrons. The maximum absolute atomic E-state index is 12.8. The van der Waals surface area contributed by atoms with Crippen LogP contribution in [-0.2, 0) is 15.4 Å². The Bertz CT molecular complexity index is 1200. The number of nitrogens with zero attached hydrogens (tertiary/aromatic N) is 1. The van der Waals surface area contributed by atoms with Gasteiger partial charge < -0.3 is 4.74 Å². The Labute approximate surface area is 185 Å². The molecule has 0 heterocycles. The molecule has 0 aliphatic heterocycles. The van der Waals surface area contributed by atoms with Gasteiger partial charge in [-0.2, -0.15) is 0 Å². The van der Waals surface area contributed by atoms with E-state index in [-0.39, 0.29) is 27.4 Å². The quantitative estimate of drug-likeness (QED) is 0.352. The molecule has 3 rings (SSSR count). The lowest BCUT2D eigenvalue weighted by Gasteiger charge is -2.19. The second-order valence-electron chi connectivity index (χ2n) is 7.91. The maximum atomic E-state index is 12.8. The first-order valence-electron chi connectivity index (χ1n) is 9.30. The molecule has 9 heteroatoms. The molecule has 3 aromatic rings. The van der Waals surface area contributed by atoms with Gasteiger partial charge in [0.05, 0.1) is 21.6 Å². The van der Waals surface area contributed by atoms with Crippen LogP contribution in [0.5, 0.6) is 11.5 Å². The van der Waals surface area contributed by atoms with E-state index < -0.39 is 14.9 Å². The van der Waals surface area contributed by atoms with E-state index in [1.54, 1.807) is 36.4 Å². The summed E-state index contributed by atoms with van der Waals surface area (Å²) in [4.78, 5) is 10.8. The molecule has 0 fully saturated rings. The third kappa shape index (κ3) is 5.74. The number of nitrogens with one attached hydrogen (secondary N) is 1. The number of ether oxygens (including phenoxy) is 1. The van der Waals surface area contributed by atoms with Crippen molar-refractivity contribution in [3.8, 4) is 11.5 Å². The Kier molecular flexibility index (Phi) is 6.24. The van der Waals surface area contributed by atoms with Gasteiger partial charge in [-0.3, -0.25) is 14.8 Å². The molecule has 0 amide bonds. The van der Waals surface area contributed by atoms with Gasteiger partial charge in [-0.15, -0.1) is 0 Å². The molecule has 0 bridgehead atoms. The molecule has 0 atom stereocenters. The highest BCUT2D eigenvalue weighted by Crippen LogP contribution is 2.31. The van der Waals surface area contributed by atoms with Crippen LogP contribution in [0.25, 0.3) is 0 Å². The summed E-state index contributed by atoms with van der Waals surface area (Å²) in [5.74, 6) is 0.508. The Hall–Kier alpha value is -3.10. The lowest BCUT2D eigenvalue weighted by atomic mass is 9.87. The maximum Gasteiger partial charge on any atom is 0.275 e. The minimum absolute atomic E-state index is 0.0121. The van der Waals surface area contributed by atoms with Crippen LogP contribution in [0.2, 0.25) is 5.02 Å².